The van der Waals surface area contributed by atoms with E-state index < -0.39 is 0 Å². The molecule has 1 N–H and O–H groups in total. The van der Waals surface area contributed by atoms with Gasteiger partial charge in [-0.3, -0.25) is 0 Å². The lowest BCUT2D eigenvalue weighted by molar-refractivity contribution is 0.303. The topological polar surface area (TPSA) is 30.5 Å². The van der Waals surface area contributed by atoms with Crippen molar-refractivity contribution >= 4 is 23.1 Å². The van der Waals surface area contributed by atoms with Gasteiger partial charge >= 0.3 is 0 Å². The molecule has 0 bridgehead atoms. The zero-order valence-electron chi connectivity index (χ0n) is 16.7. The summed E-state index contributed by atoms with van der Waals surface area (Å²) in [6.45, 7) is 9.47. The first-order chi connectivity index (χ1) is 13.0. The van der Waals surface area contributed by atoms with E-state index in [2.05, 4.69) is 50.4 Å². The van der Waals surface area contributed by atoms with Gasteiger partial charge in [-0.05, 0) is 92.6 Å². The molecule has 1 fully saturated rings. The molecule has 4 heteroatoms. The van der Waals surface area contributed by atoms with Gasteiger partial charge in [-0.2, -0.15) is 0 Å². The van der Waals surface area contributed by atoms with Crippen molar-refractivity contribution in [2.45, 2.75) is 59.5 Å². The number of anilines is 1. The number of aryl methyl sites for hydroxylation is 3. The molecule has 27 heavy (non-hydrogen) atoms. The maximum Gasteiger partial charge on any atom is 0.261 e. The lowest BCUT2D eigenvalue weighted by atomic mass is 10.0. The van der Waals surface area contributed by atoms with Crippen LogP contribution in [0.5, 0.6) is 5.75 Å². The van der Waals surface area contributed by atoms with Crippen LogP contribution in [0.15, 0.2) is 30.3 Å². The highest BCUT2D eigenvalue weighted by Crippen LogP contribution is 2.43. The minimum absolute atomic E-state index is 0.408. The Labute approximate surface area is 168 Å². The van der Waals surface area contributed by atoms with E-state index in [1.165, 1.54) is 40.7 Å². The highest BCUT2D eigenvalue weighted by molar-refractivity contribution is 7.80. The largest absolute Gasteiger partial charge is 0.489 e. The van der Waals surface area contributed by atoms with Crippen molar-refractivity contribution in [1.82, 2.24) is 0 Å². The van der Waals surface area contributed by atoms with E-state index >= 15 is 0 Å². The van der Waals surface area contributed by atoms with Crippen molar-refractivity contribution in [2.75, 3.05) is 11.9 Å². The number of rotatable bonds is 7. The van der Waals surface area contributed by atoms with Gasteiger partial charge in [0.25, 0.3) is 5.17 Å². The lowest BCUT2D eigenvalue weighted by Crippen LogP contribution is -2.15. The molecular formula is C23H29NO2S. The van der Waals surface area contributed by atoms with Gasteiger partial charge in [-0.1, -0.05) is 25.1 Å². The van der Waals surface area contributed by atoms with Gasteiger partial charge < -0.3 is 14.8 Å². The van der Waals surface area contributed by atoms with Gasteiger partial charge in [0, 0.05) is 11.3 Å². The molecule has 1 aliphatic carbocycles. The van der Waals surface area contributed by atoms with Crippen LogP contribution < -0.4 is 10.1 Å². The maximum absolute atomic E-state index is 6.28. The Hall–Kier alpha value is -2.07. The zero-order valence-corrected chi connectivity index (χ0v) is 17.5. The third kappa shape index (κ3) is 4.81. The van der Waals surface area contributed by atoms with Gasteiger partial charge in [0.1, 0.15) is 12.4 Å². The molecule has 144 valence electrons. The number of ether oxygens (including phenoxy) is 2. The summed E-state index contributed by atoms with van der Waals surface area (Å²) in [5, 5.41) is 3.65. The fourth-order valence-corrected chi connectivity index (χ4v) is 3.70. The summed E-state index contributed by atoms with van der Waals surface area (Å²) in [7, 11) is 0. The number of hydrogen-bond acceptors (Lipinski definition) is 3. The Kier molecular flexibility index (Phi) is 6.38. The third-order valence-electron chi connectivity index (χ3n) is 5.13. The average molecular weight is 384 g/mol. The highest BCUT2D eigenvalue weighted by Gasteiger charge is 2.27. The zero-order chi connectivity index (χ0) is 19.4. The monoisotopic (exact) mass is 383 g/mol. The predicted octanol–water partition coefficient (Wildman–Crippen LogP) is 6.06. The SMILES string of the molecule is CCOC(=S)Nc1cccc(C2CC2)c1COc1cc(C)c(CC)cc1C. The van der Waals surface area contributed by atoms with Crippen LogP contribution in [-0.2, 0) is 17.8 Å². The molecule has 0 unspecified atom stereocenters. The summed E-state index contributed by atoms with van der Waals surface area (Å²) >= 11 is 5.29. The molecule has 0 saturated heterocycles. The van der Waals surface area contributed by atoms with Gasteiger partial charge in [-0.25, -0.2) is 0 Å². The first-order valence-electron chi connectivity index (χ1n) is 9.81. The standard InChI is InChI=1S/C23H29NO2S/c1-5-17-12-16(4)22(13-15(17)3)26-14-20-19(18-10-11-18)8-7-9-21(20)24-23(27)25-6-2/h7-9,12-13,18H,5-6,10-11,14H2,1-4H3,(H,24,27). The summed E-state index contributed by atoms with van der Waals surface area (Å²) < 4.78 is 11.7. The van der Waals surface area contributed by atoms with Crippen LogP contribution in [-0.4, -0.2) is 11.8 Å². The molecule has 1 saturated carbocycles. The normalized spacial score (nSPS) is 13.3. The maximum atomic E-state index is 6.28. The summed E-state index contributed by atoms with van der Waals surface area (Å²) in [5.74, 6) is 1.59. The molecule has 0 spiro atoms. The number of nitrogens with one attached hydrogen (secondary N) is 1. The second kappa shape index (κ2) is 8.75. The molecule has 2 aromatic carbocycles. The Morgan fingerprint density at radius 2 is 1.93 bits per heavy atom. The molecule has 0 radical (unpaired) electrons. The van der Waals surface area contributed by atoms with E-state index in [4.69, 9.17) is 21.7 Å². The van der Waals surface area contributed by atoms with Crippen molar-refractivity contribution in [3.05, 3.63) is 58.1 Å². The Bertz CT molecular complexity index is 827. The van der Waals surface area contributed by atoms with E-state index in [-0.39, 0.29) is 0 Å². The molecule has 3 rings (SSSR count). The summed E-state index contributed by atoms with van der Waals surface area (Å²) in [4.78, 5) is 0. The van der Waals surface area contributed by atoms with Gasteiger partial charge in [0.15, 0.2) is 0 Å². The molecule has 0 aromatic heterocycles. The molecular weight excluding hydrogens is 354 g/mol. The van der Waals surface area contributed by atoms with Gasteiger partial charge in [0.2, 0.25) is 0 Å². The van der Waals surface area contributed by atoms with Crippen LogP contribution >= 0.6 is 12.2 Å². The molecule has 3 nitrogen and oxygen atoms in total. The number of hydrogen-bond donors (Lipinski definition) is 1. The number of benzene rings is 2. The second-order valence-corrected chi connectivity index (χ2v) is 7.55. The van der Waals surface area contributed by atoms with E-state index in [0.29, 0.717) is 24.3 Å². The first-order valence-corrected chi connectivity index (χ1v) is 10.2. The van der Waals surface area contributed by atoms with Crippen molar-refractivity contribution in [3.8, 4) is 5.75 Å². The Morgan fingerprint density at radius 3 is 2.59 bits per heavy atom. The van der Waals surface area contributed by atoms with E-state index in [1.54, 1.807) is 0 Å². The molecule has 1 aliphatic rings. The summed E-state index contributed by atoms with van der Waals surface area (Å²) in [6.07, 6.45) is 3.53. The second-order valence-electron chi connectivity index (χ2n) is 7.18. The van der Waals surface area contributed by atoms with Crippen molar-refractivity contribution in [2.24, 2.45) is 0 Å². The summed E-state index contributed by atoms with van der Waals surface area (Å²) in [6, 6.07) is 10.7. The van der Waals surface area contributed by atoms with Crippen molar-refractivity contribution < 1.29 is 9.47 Å². The van der Waals surface area contributed by atoms with Crippen LogP contribution in [0.3, 0.4) is 0 Å². The lowest BCUT2D eigenvalue weighted by Gasteiger charge is -2.18. The third-order valence-corrected chi connectivity index (χ3v) is 5.35. The minimum atomic E-state index is 0.408. The average Bonchev–Trinajstić information content (AvgIpc) is 3.48. The summed E-state index contributed by atoms with van der Waals surface area (Å²) in [5.41, 5.74) is 7.36. The number of thiocarbonyl (C=S) groups is 1. The van der Waals surface area contributed by atoms with Gasteiger partial charge in [0.05, 0.1) is 6.61 Å². The van der Waals surface area contributed by atoms with E-state index in [9.17, 15) is 0 Å². The fourth-order valence-electron chi connectivity index (χ4n) is 3.47. The first kappa shape index (κ1) is 19.7. The molecule has 0 amide bonds. The van der Waals surface area contributed by atoms with Gasteiger partial charge in [-0.15, -0.1) is 0 Å². The van der Waals surface area contributed by atoms with Crippen LogP contribution in [0.4, 0.5) is 5.69 Å². The van der Waals surface area contributed by atoms with Crippen LogP contribution in [0.2, 0.25) is 0 Å². The quantitative estimate of drug-likeness (QED) is 0.589. The Balaban J connectivity index is 1.85. The molecule has 0 heterocycles. The van der Waals surface area contributed by atoms with Crippen LogP contribution in [0.25, 0.3) is 0 Å². The highest BCUT2D eigenvalue weighted by atomic mass is 32.1. The fraction of sp³-hybridized carbons (Fsp3) is 0.435. The molecule has 2 aromatic rings. The van der Waals surface area contributed by atoms with Crippen molar-refractivity contribution in [1.29, 1.82) is 0 Å². The van der Waals surface area contributed by atoms with Crippen LogP contribution in [0, 0.1) is 13.8 Å². The molecule has 0 atom stereocenters. The van der Waals surface area contributed by atoms with Crippen molar-refractivity contribution in [3.63, 3.8) is 0 Å². The Morgan fingerprint density at radius 1 is 1.15 bits per heavy atom. The van der Waals surface area contributed by atoms with E-state index in [1.807, 2.05) is 13.0 Å². The molecule has 0 aliphatic heterocycles. The predicted molar refractivity (Wildman–Crippen MR) is 116 cm³/mol. The minimum Gasteiger partial charge on any atom is -0.489 e. The smallest absolute Gasteiger partial charge is 0.261 e. The van der Waals surface area contributed by atoms with Crippen LogP contribution in [0.1, 0.15) is 60.4 Å². The van der Waals surface area contributed by atoms with E-state index in [0.717, 1.165) is 17.9 Å².